The molecule has 1 fully saturated rings. The van der Waals surface area contributed by atoms with Crippen LogP contribution in [0, 0.1) is 0 Å². The molecule has 0 radical (unpaired) electrons. The summed E-state index contributed by atoms with van der Waals surface area (Å²) in [4.78, 5) is 10.9. The van der Waals surface area contributed by atoms with Crippen LogP contribution in [-0.4, -0.2) is 12.1 Å². The fourth-order valence-corrected chi connectivity index (χ4v) is 2.65. The molecular formula is C16H30O2. The zero-order valence-electron chi connectivity index (χ0n) is 12.1. The van der Waals surface area contributed by atoms with E-state index in [9.17, 15) is 4.79 Å². The lowest BCUT2D eigenvalue weighted by molar-refractivity contribution is -0.141. The van der Waals surface area contributed by atoms with E-state index in [1.54, 1.807) is 0 Å². The molecule has 18 heavy (non-hydrogen) atoms. The van der Waals surface area contributed by atoms with Gasteiger partial charge in [0.05, 0.1) is 0 Å². The van der Waals surface area contributed by atoms with Crippen LogP contribution in [-0.2, 0) is 9.53 Å². The van der Waals surface area contributed by atoms with Crippen molar-refractivity contribution in [2.45, 2.75) is 96.5 Å². The van der Waals surface area contributed by atoms with E-state index in [-0.39, 0.29) is 12.1 Å². The number of carbonyl (C=O) groups excluding carboxylic acids is 1. The van der Waals surface area contributed by atoms with Gasteiger partial charge in [-0.05, 0) is 19.3 Å². The number of carbonyl (C=O) groups is 1. The van der Waals surface area contributed by atoms with E-state index in [4.69, 9.17) is 4.74 Å². The minimum atomic E-state index is 0.00655. The maximum absolute atomic E-state index is 10.9. The summed E-state index contributed by atoms with van der Waals surface area (Å²) < 4.78 is 5.20. The van der Waals surface area contributed by atoms with Gasteiger partial charge in [-0.15, -0.1) is 0 Å². The molecule has 1 aliphatic heterocycles. The second-order valence-corrected chi connectivity index (χ2v) is 5.62. The van der Waals surface area contributed by atoms with Gasteiger partial charge in [-0.25, -0.2) is 0 Å². The van der Waals surface area contributed by atoms with Gasteiger partial charge < -0.3 is 4.74 Å². The van der Waals surface area contributed by atoms with E-state index in [1.807, 2.05) is 0 Å². The summed E-state index contributed by atoms with van der Waals surface area (Å²) in [7, 11) is 0. The van der Waals surface area contributed by atoms with Crippen LogP contribution in [0.1, 0.15) is 90.4 Å². The number of hydrogen-bond acceptors (Lipinski definition) is 2. The lowest BCUT2D eigenvalue weighted by atomic mass is 10.0. The molecule has 0 unspecified atom stereocenters. The second-order valence-electron chi connectivity index (χ2n) is 5.62. The lowest BCUT2D eigenvalue weighted by Gasteiger charge is -2.08. The Bertz CT molecular complexity index is 213. The van der Waals surface area contributed by atoms with Gasteiger partial charge in [0.1, 0.15) is 6.10 Å². The third-order valence-corrected chi connectivity index (χ3v) is 3.85. The first-order chi connectivity index (χ1) is 8.83. The molecule has 1 heterocycles. The van der Waals surface area contributed by atoms with Crippen LogP contribution in [0.3, 0.4) is 0 Å². The molecule has 0 spiro atoms. The topological polar surface area (TPSA) is 26.3 Å². The molecule has 0 aromatic rings. The monoisotopic (exact) mass is 254 g/mol. The molecule has 2 heteroatoms. The van der Waals surface area contributed by atoms with Crippen LogP contribution in [0.2, 0.25) is 0 Å². The van der Waals surface area contributed by atoms with Gasteiger partial charge in [0.2, 0.25) is 0 Å². The van der Waals surface area contributed by atoms with Crippen LogP contribution in [0.15, 0.2) is 0 Å². The number of unbranched alkanes of at least 4 members (excludes halogenated alkanes) is 9. The van der Waals surface area contributed by atoms with E-state index in [0.29, 0.717) is 6.42 Å². The smallest absolute Gasteiger partial charge is 0.306 e. The SMILES string of the molecule is CCCCCCCCCCCC[C@H]1CCC(=O)O1. The molecule has 1 aliphatic rings. The predicted molar refractivity (Wildman–Crippen MR) is 75.6 cm³/mol. The van der Waals surface area contributed by atoms with Gasteiger partial charge in [-0.3, -0.25) is 4.79 Å². The van der Waals surface area contributed by atoms with Gasteiger partial charge in [-0.2, -0.15) is 0 Å². The zero-order chi connectivity index (χ0) is 13.1. The molecule has 106 valence electrons. The first-order valence-corrected chi connectivity index (χ1v) is 8.02. The van der Waals surface area contributed by atoms with Crippen LogP contribution in [0.25, 0.3) is 0 Å². The van der Waals surface area contributed by atoms with Gasteiger partial charge in [0.25, 0.3) is 0 Å². The fourth-order valence-electron chi connectivity index (χ4n) is 2.65. The largest absolute Gasteiger partial charge is 0.462 e. The van der Waals surface area contributed by atoms with E-state index < -0.39 is 0 Å². The van der Waals surface area contributed by atoms with E-state index in [0.717, 1.165) is 12.8 Å². The van der Waals surface area contributed by atoms with Crippen molar-refractivity contribution in [2.24, 2.45) is 0 Å². The molecule has 0 aromatic carbocycles. The highest BCUT2D eigenvalue weighted by Gasteiger charge is 2.22. The van der Waals surface area contributed by atoms with E-state index in [2.05, 4.69) is 6.92 Å². The van der Waals surface area contributed by atoms with Gasteiger partial charge in [-0.1, -0.05) is 64.7 Å². The third-order valence-electron chi connectivity index (χ3n) is 3.85. The number of hydrogen-bond donors (Lipinski definition) is 0. The number of rotatable bonds is 11. The molecule has 1 saturated heterocycles. The number of ether oxygens (including phenoxy) is 1. The molecule has 0 bridgehead atoms. The molecular weight excluding hydrogens is 224 g/mol. The summed E-state index contributed by atoms with van der Waals surface area (Å²) in [6.45, 7) is 2.27. The summed E-state index contributed by atoms with van der Waals surface area (Å²) in [5, 5.41) is 0. The van der Waals surface area contributed by atoms with Gasteiger partial charge in [0.15, 0.2) is 0 Å². The van der Waals surface area contributed by atoms with Crippen molar-refractivity contribution in [1.82, 2.24) is 0 Å². The third kappa shape index (κ3) is 7.73. The Hall–Kier alpha value is -0.530. The molecule has 0 aliphatic carbocycles. The summed E-state index contributed by atoms with van der Waals surface area (Å²) in [5.74, 6) is 0.00655. The highest BCUT2D eigenvalue weighted by molar-refractivity contribution is 5.71. The normalized spacial score (nSPS) is 19.2. The van der Waals surface area contributed by atoms with Crippen molar-refractivity contribution in [3.8, 4) is 0 Å². The molecule has 1 rings (SSSR count). The lowest BCUT2D eigenvalue weighted by Crippen LogP contribution is -2.06. The van der Waals surface area contributed by atoms with Crippen molar-refractivity contribution >= 4 is 5.97 Å². The number of esters is 1. The maximum Gasteiger partial charge on any atom is 0.306 e. The molecule has 1 atom stereocenters. The Labute approximate surface area is 112 Å². The molecule has 0 aromatic heterocycles. The Balaban J connectivity index is 1.75. The summed E-state index contributed by atoms with van der Waals surface area (Å²) in [6.07, 6.45) is 16.6. The molecule has 2 nitrogen and oxygen atoms in total. The summed E-state index contributed by atoms with van der Waals surface area (Å²) in [5.41, 5.74) is 0. The minimum absolute atomic E-state index is 0.00655. The fraction of sp³-hybridized carbons (Fsp3) is 0.938. The maximum atomic E-state index is 10.9. The Kier molecular flexibility index (Phi) is 8.97. The van der Waals surface area contributed by atoms with E-state index in [1.165, 1.54) is 64.2 Å². The van der Waals surface area contributed by atoms with Gasteiger partial charge in [0, 0.05) is 6.42 Å². The van der Waals surface area contributed by atoms with Crippen molar-refractivity contribution in [3.63, 3.8) is 0 Å². The number of cyclic esters (lactones) is 1. The van der Waals surface area contributed by atoms with Gasteiger partial charge >= 0.3 is 5.97 Å². The molecule has 0 saturated carbocycles. The van der Waals surface area contributed by atoms with Crippen LogP contribution in [0.5, 0.6) is 0 Å². The second kappa shape index (κ2) is 10.4. The van der Waals surface area contributed by atoms with Crippen LogP contribution in [0.4, 0.5) is 0 Å². The van der Waals surface area contributed by atoms with Crippen molar-refractivity contribution < 1.29 is 9.53 Å². The van der Waals surface area contributed by atoms with Crippen LogP contribution < -0.4 is 0 Å². The van der Waals surface area contributed by atoms with Crippen molar-refractivity contribution in [1.29, 1.82) is 0 Å². The average Bonchev–Trinajstić information content (AvgIpc) is 2.77. The average molecular weight is 254 g/mol. The first-order valence-electron chi connectivity index (χ1n) is 8.02. The zero-order valence-corrected chi connectivity index (χ0v) is 12.1. The Morgan fingerprint density at radius 1 is 0.944 bits per heavy atom. The Morgan fingerprint density at radius 2 is 1.50 bits per heavy atom. The van der Waals surface area contributed by atoms with Crippen LogP contribution >= 0.6 is 0 Å². The highest BCUT2D eigenvalue weighted by atomic mass is 16.5. The quantitative estimate of drug-likeness (QED) is 0.383. The summed E-state index contributed by atoms with van der Waals surface area (Å²) in [6, 6.07) is 0. The highest BCUT2D eigenvalue weighted by Crippen LogP contribution is 2.20. The van der Waals surface area contributed by atoms with E-state index >= 15 is 0 Å². The molecule has 0 N–H and O–H groups in total. The Morgan fingerprint density at radius 3 is 2.00 bits per heavy atom. The predicted octanol–water partition coefficient (Wildman–Crippen LogP) is 5.00. The first kappa shape index (κ1) is 15.5. The minimum Gasteiger partial charge on any atom is -0.462 e. The molecule has 0 amide bonds. The van der Waals surface area contributed by atoms with Crippen molar-refractivity contribution in [2.75, 3.05) is 0 Å². The standard InChI is InChI=1S/C16H30O2/c1-2-3-4-5-6-7-8-9-10-11-12-15-13-14-16(17)18-15/h15H,2-14H2,1H3/t15-/m0/s1. The summed E-state index contributed by atoms with van der Waals surface area (Å²) >= 11 is 0. The van der Waals surface area contributed by atoms with Crippen molar-refractivity contribution in [3.05, 3.63) is 0 Å².